The van der Waals surface area contributed by atoms with Crippen molar-refractivity contribution in [3.05, 3.63) is 46.3 Å². The van der Waals surface area contributed by atoms with E-state index in [0.29, 0.717) is 12.2 Å². The van der Waals surface area contributed by atoms with Crippen LogP contribution in [0.2, 0.25) is 0 Å². The lowest BCUT2D eigenvalue weighted by atomic mass is 10.2. The Bertz CT molecular complexity index is 750. The summed E-state index contributed by atoms with van der Waals surface area (Å²) in [6.07, 6.45) is 2.00. The molecule has 24 heavy (non-hydrogen) atoms. The van der Waals surface area contributed by atoms with E-state index in [1.54, 1.807) is 24.3 Å². The second-order valence-corrected chi connectivity index (χ2v) is 4.77. The van der Waals surface area contributed by atoms with Crippen molar-refractivity contribution >= 4 is 29.0 Å². The van der Waals surface area contributed by atoms with Crippen molar-refractivity contribution in [1.82, 2.24) is 9.97 Å². The zero-order valence-electron chi connectivity index (χ0n) is 13.3. The summed E-state index contributed by atoms with van der Waals surface area (Å²) >= 11 is 0. The Kier molecular flexibility index (Phi) is 5.61. The quantitative estimate of drug-likeness (QED) is 0.451. The number of hydrogen-bond donors (Lipinski definition) is 2. The number of nitrogens with zero attached hydrogens (tertiary/aromatic N) is 3. The smallest absolute Gasteiger partial charge is 0.353 e. The van der Waals surface area contributed by atoms with Gasteiger partial charge >= 0.3 is 11.7 Å². The van der Waals surface area contributed by atoms with Gasteiger partial charge in [-0.1, -0.05) is 19.1 Å². The third-order valence-electron chi connectivity index (χ3n) is 3.13. The highest BCUT2D eigenvalue weighted by Crippen LogP contribution is 2.32. The van der Waals surface area contributed by atoms with Gasteiger partial charge in [0.1, 0.15) is 6.33 Å². The first kappa shape index (κ1) is 17.1. The van der Waals surface area contributed by atoms with E-state index in [2.05, 4.69) is 20.6 Å². The SMILES string of the molecule is CCCNc1ncnc(Nc2ccccc2C(=O)OC)c1[N+](=O)[O-]. The molecule has 2 N–H and O–H groups in total. The second kappa shape index (κ2) is 7.86. The molecule has 1 aromatic heterocycles. The van der Waals surface area contributed by atoms with Gasteiger partial charge in [-0.2, -0.15) is 0 Å². The van der Waals surface area contributed by atoms with Crippen LogP contribution in [0.4, 0.5) is 23.0 Å². The first-order valence-corrected chi connectivity index (χ1v) is 7.26. The number of rotatable bonds is 7. The molecule has 0 bridgehead atoms. The predicted octanol–water partition coefficient (Wildman–Crippen LogP) is 2.74. The molecular weight excluding hydrogens is 314 g/mol. The van der Waals surface area contributed by atoms with Crippen LogP contribution in [-0.4, -0.2) is 34.5 Å². The lowest BCUT2D eigenvalue weighted by Gasteiger charge is -2.11. The van der Waals surface area contributed by atoms with Crippen LogP contribution in [-0.2, 0) is 4.74 Å². The average molecular weight is 331 g/mol. The Morgan fingerprint density at radius 3 is 2.67 bits per heavy atom. The summed E-state index contributed by atoms with van der Waals surface area (Å²) in [6.45, 7) is 2.47. The fourth-order valence-corrected chi connectivity index (χ4v) is 2.02. The standard InChI is InChI=1S/C15H17N5O4/c1-3-8-16-13-12(20(22)23)14(18-9-17-13)19-11-7-5-4-6-10(11)15(21)24-2/h4-7,9H,3,8H2,1-2H3,(H2,16,17,18,19). The van der Waals surface area contributed by atoms with Crippen molar-refractivity contribution in [1.29, 1.82) is 0 Å². The minimum atomic E-state index is -0.568. The zero-order valence-corrected chi connectivity index (χ0v) is 13.3. The van der Waals surface area contributed by atoms with Gasteiger partial charge in [0, 0.05) is 6.54 Å². The fourth-order valence-electron chi connectivity index (χ4n) is 2.02. The van der Waals surface area contributed by atoms with E-state index in [4.69, 9.17) is 4.74 Å². The van der Waals surface area contributed by atoms with Gasteiger partial charge < -0.3 is 15.4 Å². The maximum atomic E-state index is 11.8. The van der Waals surface area contributed by atoms with Crippen molar-refractivity contribution in [2.75, 3.05) is 24.3 Å². The number of nitrogens with one attached hydrogen (secondary N) is 2. The number of esters is 1. The molecule has 9 heteroatoms. The van der Waals surface area contributed by atoms with Crippen LogP contribution in [0.25, 0.3) is 0 Å². The third kappa shape index (κ3) is 3.75. The number of para-hydroxylation sites is 1. The molecular formula is C15H17N5O4. The molecule has 0 saturated heterocycles. The molecule has 0 atom stereocenters. The van der Waals surface area contributed by atoms with Gasteiger partial charge in [0.2, 0.25) is 11.6 Å². The van der Waals surface area contributed by atoms with Crippen LogP contribution < -0.4 is 10.6 Å². The first-order chi connectivity index (χ1) is 11.6. The van der Waals surface area contributed by atoms with Gasteiger partial charge in [0.05, 0.1) is 23.3 Å². The van der Waals surface area contributed by atoms with E-state index in [9.17, 15) is 14.9 Å². The summed E-state index contributed by atoms with van der Waals surface area (Å²) < 4.78 is 4.71. The first-order valence-electron chi connectivity index (χ1n) is 7.26. The molecule has 0 radical (unpaired) electrons. The van der Waals surface area contributed by atoms with Gasteiger partial charge in [0.15, 0.2) is 0 Å². The number of hydrogen-bond acceptors (Lipinski definition) is 8. The summed E-state index contributed by atoms with van der Waals surface area (Å²) in [7, 11) is 1.26. The molecule has 0 aliphatic rings. The predicted molar refractivity (Wildman–Crippen MR) is 88.5 cm³/mol. The number of carbonyl (C=O) groups is 1. The average Bonchev–Trinajstić information content (AvgIpc) is 2.59. The second-order valence-electron chi connectivity index (χ2n) is 4.77. The molecule has 1 aromatic carbocycles. The van der Waals surface area contributed by atoms with Crippen molar-refractivity contribution in [3.8, 4) is 0 Å². The van der Waals surface area contributed by atoms with Crippen LogP contribution in [0.3, 0.4) is 0 Å². The lowest BCUT2D eigenvalue weighted by Crippen LogP contribution is -2.10. The molecule has 9 nitrogen and oxygen atoms in total. The molecule has 1 heterocycles. The van der Waals surface area contributed by atoms with E-state index in [-0.39, 0.29) is 22.9 Å². The topological polar surface area (TPSA) is 119 Å². The minimum absolute atomic E-state index is 0.00930. The number of carbonyl (C=O) groups excluding carboxylic acids is 1. The fraction of sp³-hybridized carbons (Fsp3) is 0.267. The van der Waals surface area contributed by atoms with Gasteiger partial charge in [-0.3, -0.25) is 10.1 Å². The molecule has 2 rings (SSSR count). The maximum absolute atomic E-state index is 11.8. The Morgan fingerprint density at radius 1 is 1.29 bits per heavy atom. The van der Waals surface area contributed by atoms with Gasteiger partial charge in [0.25, 0.3) is 0 Å². The third-order valence-corrected chi connectivity index (χ3v) is 3.13. The number of benzene rings is 1. The van der Waals surface area contributed by atoms with E-state index < -0.39 is 10.9 Å². The Morgan fingerprint density at radius 2 is 2.00 bits per heavy atom. The molecule has 126 valence electrons. The number of methoxy groups -OCH3 is 1. The number of nitro groups is 1. The Hall–Kier alpha value is -3.23. The molecule has 0 aliphatic heterocycles. The molecule has 0 fully saturated rings. The molecule has 0 unspecified atom stereocenters. The molecule has 0 saturated carbocycles. The minimum Gasteiger partial charge on any atom is -0.465 e. The number of aromatic nitrogens is 2. The molecule has 0 aliphatic carbocycles. The Balaban J connectivity index is 2.43. The Labute approximate surface area is 138 Å². The highest BCUT2D eigenvalue weighted by molar-refractivity contribution is 5.96. The summed E-state index contributed by atoms with van der Waals surface area (Å²) in [4.78, 5) is 30.5. The van der Waals surface area contributed by atoms with Crippen LogP contribution in [0, 0.1) is 10.1 Å². The normalized spacial score (nSPS) is 10.1. The molecule has 2 aromatic rings. The highest BCUT2D eigenvalue weighted by atomic mass is 16.6. The summed E-state index contributed by atoms with van der Waals surface area (Å²) in [5.41, 5.74) is 0.314. The van der Waals surface area contributed by atoms with Crippen molar-refractivity contribution in [3.63, 3.8) is 0 Å². The van der Waals surface area contributed by atoms with Crippen molar-refractivity contribution in [2.45, 2.75) is 13.3 Å². The molecule has 0 spiro atoms. The summed E-state index contributed by atoms with van der Waals surface area (Å²) in [6, 6.07) is 6.52. The van der Waals surface area contributed by atoms with E-state index in [1.165, 1.54) is 13.4 Å². The lowest BCUT2D eigenvalue weighted by molar-refractivity contribution is -0.383. The monoisotopic (exact) mass is 331 g/mol. The zero-order chi connectivity index (χ0) is 17.5. The van der Waals surface area contributed by atoms with Crippen molar-refractivity contribution in [2.24, 2.45) is 0 Å². The van der Waals surface area contributed by atoms with Crippen LogP contribution in [0.1, 0.15) is 23.7 Å². The van der Waals surface area contributed by atoms with E-state index in [1.807, 2.05) is 6.92 Å². The maximum Gasteiger partial charge on any atom is 0.353 e. The summed E-state index contributed by atoms with van der Waals surface area (Å²) in [5, 5.41) is 17.1. The van der Waals surface area contributed by atoms with E-state index >= 15 is 0 Å². The largest absolute Gasteiger partial charge is 0.465 e. The van der Waals surface area contributed by atoms with Gasteiger partial charge in [-0.05, 0) is 18.6 Å². The molecule has 0 amide bonds. The van der Waals surface area contributed by atoms with Crippen molar-refractivity contribution < 1.29 is 14.5 Å². The number of ether oxygens (including phenoxy) is 1. The highest BCUT2D eigenvalue weighted by Gasteiger charge is 2.24. The van der Waals surface area contributed by atoms with Gasteiger partial charge in [-0.15, -0.1) is 0 Å². The number of anilines is 3. The van der Waals surface area contributed by atoms with Crippen LogP contribution >= 0.6 is 0 Å². The van der Waals surface area contributed by atoms with Crippen LogP contribution in [0.15, 0.2) is 30.6 Å². The van der Waals surface area contributed by atoms with E-state index in [0.717, 1.165) is 6.42 Å². The van der Waals surface area contributed by atoms with Crippen LogP contribution in [0.5, 0.6) is 0 Å². The van der Waals surface area contributed by atoms with Gasteiger partial charge in [-0.25, -0.2) is 14.8 Å². The summed E-state index contributed by atoms with van der Waals surface area (Å²) in [5.74, 6) is -0.445.